The zero-order valence-corrected chi connectivity index (χ0v) is 25.6. The molecule has 4 heterocycles. The van der Waals surface area contributed by atoms with Crippen LogP contribution >= 0.6 is 47.8 Å². The Kier molecular flexibility index (Phi) is 10.3. The van der Waals surface area contributed by atoms with Crippen LogP contribution in [-0.4, -0.2) is 33.1 Å². The predicted octanol–water partition coefficient (Wildman–Crippen LogP) is 5.03. The molecule has 0 bridgehead atoms. The molecule has 0 saturated carbocycles. The second kappa shape index (κ2) is 13.9. The van der Waals surface area contributed by atoms with E-state index < -0.39 is 0 Å². The average Bonchev–Trinajstić information content (AvgIpc) is 3.61. The summed E-state index contributed by atoms with van der Waals surface area (Å²) >= 11 is 9.53. The summed E-state index contributed by atoms with van der Waals surface area (Å²) in [6.07, 6.45) is 5.12. The number of rotatable bonds is 4. The first-order valence-electron chi connectivity index (χ1n) is 12.0. The Balaban J connectivity index is 0.000000149. The van der Waals surface area contributed by atoms with E-state index in [1.54, 1.807) is 12.4 Å². The molecule has 0 amide bonds. The number of ether oxygens (including phenoxy) is 2. The molecule has 10 nitrogen and oxygen atoms in total. The van der Waals surface area contributed by atoms with Gasteiger partial charge in [-0.25, -0.2) is 19.9 Å². The molecule has 6 rings (SSSR count). The van der Waals surface area contributed by atoms with Gasteiger partial charge in [0.2, 0.25) is 0 Å². The predicted molar refractivity (Wildman–Crippen MR) is 162 cm³/mol. The summed E-state index contributed by atoms with van der Waals surface area (Å²) in [7, 11) is 0. The van der Waals surface area contributed by atoms with Crippen molar-refractivity contribution in [3.8, 4) is 11.5 Å². The monoisotopic (exact) mass is 720 g/mol. The molecule has 4 aromatic rings. The molecular weight excluding hydrogens is 696 g/mol. The molecule has 0 unspecified atom stereocenters. The second-order valence-electron chi connectivity index (χ2n) is 8.43. The third-order valence-corrected chi connectivity index (χ3v) is 7.05. The van der Waals surface area contributed by atoms with Gasteiger partial charge < -0.3 is 32.0 Å². The maximum atomic E-state index is 5.77. The highest BCUT2D eigenvalue weighted by atomic mass is 79.9. The summed E-state index contributed by atoms with van der Waals surface area (Å²) in [4.78, 5) is 16.0. The summed E-state index contributed by atoms with van der Waals surface area (Å²) in [5, 5.41) is 3.19. The van der Waals surface area contributed by atoms with E-state index in [0.717, 1.165) is 37.6 Å². The van der Waals surface area contributed by atoms with Crippen molar-refractivity contribution in [2.75, 3.05) is 30.0 Å². The van der Waals surface area contributed by atoms with Gasteiger partial charge in [-0.05, 0) is 82.2 Å². The van der Waals surface area contributed by atoms with Crippen molar-refractivity contribution in [3.63, 3.8) is 0 Å². The van der Waals surface area contributed by atoms with E-state index in [2.05, 4.69) is 85.2 Å². The van der Waals surface area contributed by atoms with Crippen molar-refractivity contribution >= 4 is 65.2 Å². The first-order valence-corrected chi connectivity index (χ1v) is 14.3. The molecule has 2 aromatic heterocycles. The summed E-state index contributed by atoms with van der Waals surface area (Å²) in [5.74, 6) is 3.41. The average molecular weight is 723 g/mol. The first-order chi connectivity index (χ1) is 18.8. The van der Waals surface area contributed by atoms with E-state index in [1.165, 1.54) is 22.3 Å². The lowest BCUT2D eigenvalue weighted by atomic mass is 10.1. The zero-order valence-electron chi connectivity index (χ0n) is 20.8. The van der Waals surface area contributed by atoms with Gasteiger partial charge in [0.25, 0.3) is 0 Å². The number of nitrogens with two attached hydrogens (primary N) is 3. The SMILES string of the molecule is NCc1ccc2c(c1)CCO2.Nc1ncc(Br)nc1Br.Nc1ncc(Br)nc1NCc1ccc2c(c1)CCO2. The van der Waals surface area contributed by atoms with Crippen LogP contribution in [0, 0.1) is 0 Å². The fraction of sp³-hybridized carbons (Fsp3) is 0.231. The number of aromatic nitrogens is 4. The Morgan fingerprint density at radius 2 is 1.33 bits per heavy atom. The molecule has 0 aliphatic carbocycles. The highest BCUT2D eigenvalue weighted by molar-refractivity contribution is 9.11. The van der Waals surface area contributed by atoms with Crippen molar-refractivity contribution < 1.29 is 9.47 Å². The van der Waals surface area contributed by atoms with E-state index in [-0.39, 0.29) is 0 Å². The van der Waals surface area contributed by atoms with Crippen molar-refractivity contribution in [1.29, 1.82) is 0 Å². The van der Waals surface area contributed by atoms with E-state index in [9.17, 15) is 0 Å². The Morgan fingerprint density at radius 1 is 0.769 bits per heavy atom. The fourth-order valence-electron chi connectivity index (χ4n) is 3.77. The van der Waals surface area contributed by atoms with Gasteiger partial charge in [0.1, 0.15) is 25.3 Å². The van der Waals surface area contributed by atoms with Crippen LogP contribution in [0.4, 0.5) is 17.5 Å². The number of nitrogens with one attached hydrogen (secondary N) is 1. The third-order valence-electron chi connectivity index (χ3n) is 5.70. The number of nitrogen functional groups attached to an aromatic ring is 2. The van der Waals surface area contributed by atoms with Gasteiger partial charge in [-0.3, -0.25) is 0 Å². The topological polar surface area (TPSA) is 160 Å². The molecule has 0 radical (unpaired) electrons. The third kappa shape index (κ3) is 8.24. The maximum absolute atomic E-state index is 5.77. The molecular formula is C26H27Br3N8O2. The number of hydrogen-bond donors (Lipinski definition) is 4. The van der Waals surface area contributed by atoms with Crippen molar-refractivity contribution in [3.05, 3.63) is 84.9 Å². The van der Waals surface area contributed by atoms with Crippen LogP contribution in [0.1, 0.15) is 22.3 Å². The Morgan fingerprint density at radius 3 is 1.92 bits per heavy atom. The molecule has 0 spiro atoms. The van der Waals surface area contributed by atoms with Gasteiger partial charge in [-0.2, -0.15) is 0 Å². The van der Waals surface area contributed by atoms with Crippen LogP contribution in [0.15, 0.2) is 62.6 Å². The largest absolute Gasteiger partial charge is 0.493 e. The van der Waals surface area contributed by atoms with Crippen molar-refractivity contribution in [2.24, 2.45) is 5.73 Å². The van der Waals surface area contributed by atoms with E-state index >= 15 is 0 Å². The van der Waals surface area contributed by atoms with E-state index in [1.807, 2.05) is 24.3 Å². The minimum Gasteiger partial charge on any atom is -0.493 e. The van der Waals surface area contributed by atoms with Crippen LogP contribution in [0.25, 0.3) is 0 Å². The van der Waals surface area contributed by atoms with Crippen LogP contribution in [-0.2, 0) is 25.9 Å². The van der Waals surface area contributed by atoms with Gasteiger partial charge in [0.15, 0.2) is 17.5 Å². The summed E-state index contributed by atoms with van der Waals surface area (Å²) in [6.45, 7) is 2.87. The fourth-order valence-corrected chi connectivity index (χ4v) is 4.86. The number of benzene rings is 2. The van der Waals surface area contributed by atoms with Gasteiger partial charge in [-0.15, -0.1) is 0 Å². The lowest BCUT2D eigenvalue weighted by molar-refractivity contribution is 0.356. The normalized spacial score (nSPS) is 12.5. The summed E-state index contributed by atoms with van der Waals surface area (Å²) in [5.41, 5.74) is 21.5. The van der Waals surface area contributed by atoms with Gasteiger partial charge >= 0.3 is 0 Å². The molecule has 0 saturated heterocycles. The molecule has 2 aliphatic heterocycles. The highest BCUT2D eigenvalue weighted by Gasteiger charge is 2.12. The smallest absolute Gasteiger partial charge is 0.170 e. The zero-order chi connectivity index (χ0) is 27.8. The standard InChI is InChI=1S/C13H13BrN4O.C9H11NO.C4H3Br2N3/c14-11-7-16-12(15)13(18-11)17-6-8-1-2-10-9(5-8)3-4-19-10;10-6-7-1-2-9-8(5-7)3-4-11-9;5-2-1-8-4(7)3(6)9-2/h1-2,5,7H,3-4,6H2,(H2,15,16)(H,17,18);1-2,5H,3-4,6,10H2;1H,(H2,7,8). The van der Waals surface area contributed by atoms with Crippen LogP contribution in [0.3, 0.4) is 0 Å². The van der Waals surface area contributed by atoms with Crippen LogP contribution in [0.2, 0.25) is 0 Å². The quantitative estimate of drug-likeness (QED) is 0.225. The Bertz CT molecular complexity index is 1440. The molecule has 2 aliphatic rings. The van der Waals surface area contributed by atoms with Gasteiger partial charge in [-0.1, -0.05) is 24.3 Å². The van der Waals surface area contributed by atoms with Gasteiger partial charge in [0, 0.05) is 25.9 Å². The molecule has 7 N–H and O–H groups in total. The Labute approximate surface area is 251 Å². The molecule has 0 fully saturated rings. The number of hydrogen-bond acceptors (Lipinski definition) is 10. The minimum absolute atomic E-state index is 0.396. The number of halogens is 3. The number of fused-ring (bicyclic) bond motifs is 2. The van der Waals surface area contributed by atoms with E-state index in [0.29, 0.717) is 44.4 Å². The van der Waals surface area contributed by atoms with Crippen LogP contribution < -0.4 is 32.0 Å². The lowest BCUT2D eigenvalue weighted by Crippen LogP contribution is -2.06. The Hall–Kier alpha value is -3.00. The lowest BCUT2D eigenvalue weighted by Gasteiger charge is -2.09. The second-order valence-corrected chi connectivity index (χ2v) is 10.8. The number of nitrogens with zero attached hydrogens (tertiary/aromatic N) is 4. The molecule has 204 valence electrons. The molecule has 39 heavy (non-hydrogen) atoms. The first kappa shape index (κ1) is 29.0. The number of anilines is 3. The van der Waals surface area contributed by atoms with E-state index in [4.69, 9.17) is 26.7 Å². The van der Waals surface area contributed by atoms with Gasteiger partial charge in [0.05, 0.1) is 25.6 Å². The maximum Gasteiger partial charge on any atom is 0.170 e. The van der Waals surface area contributed by atoms with Crippen molar-refractivity contribution in [2.45, 2.75) is 25.9 Å². The molecule has 2 aromatic carbocycles. The molecule has 13 heteroatoms. The van der Waals surface area contributed by atoms with Crippen LogP contribution in [0.5, 0.6) is 11.5 Å². The molecule has 0 atom stereocenters. The summed E-state index contributed by atoms with van der Waals surface area (Å²) in [6, 6.07) is 12.3. The highest BCUT2D eigenvalue weighted by Crippen LogP contribution is 2.27. The minimum atomic E-state index is 0.396. The van der Waals surface area contributed by atoms with Crippen molar-refractivity contribution in [1.82, 2.24) is 19.9 Å². The summed E-state index contributed by atoms with van der Waals surface area (Å²) < 4.78 is 12.7.